The first-order valence-corrected chi connectivity index (χ1v) is 6.54. The summed E-state index contributed by atoms with van der Waals surface area (Å²) in [5.74, 6) is 0. The maximum absolute atomic E-state index is 5.98. The molecule has 0 aliphatic rings. The van der Waals surface area contributed by atoms with Gasteiger partial charge in [0.25, 0.3) is 0 Å². The fraction of sp³-hybridized carbons (Fsp3) is 0.600. The zero-order valence-corrected chi connectivity index (χ0v) is 12.1. The Balaban J connectivity index is 2.85. The lowest BCUT2D eigenvalue weighted by Gasteiger charge is -2.40. The molecular weight excluding hydrogens is 224 g/mol. The molecule has 18 heavy (non-hydrogen) atoms. The van der Waals surface area contributed by atoms with Crippen LogP contribution in [0.1, 0.15) is 24.5 Å². The minimum absolute atomic E-state index is 0.0724. The number of nitrogens with zero attached hydrogens (tertiary/aromatic N) is 1. The largest absolute Gasteiger partial charge is 0.383 e. The number of hydrogen-bond acceptors (Lipinski definition) is 3. The van der Waals surface area contributed by atoms with Crippen molar-refractivity contribution in [3.05, 3.63) is 35.4 Å². The molecule has 1 rings (SSSR count). The van der Waals surface area contributed by atoms with Gasteiger partial charge in [0.15, 0.2) is 0 Å². The summed E-state index contributed by atoms with van der Waals surface area (Å²) in [6.07, 6.45) is 0.986. The summed E-state index contributed by atoms with van der Waals surface area (Å²) in [4.78, 5) is 2.32. The number of aryl methyl sites for hydroxylation is 1. The highest BCUT2D eigenvalue weighted by Gasteiger charge is 2.31. The Morgan fingerprint density at radius 2 is 2.00 bits per heavy atom. The van der Waals surface area contributed by atoms with Gasteiger partial charge < -0.3 is 10.5 Å². The Kier molecular flexibility index (Phi) is 5.79. The molecule has 0 saturated carbocycles. The first kappa shape index (κ1) is 15.2. The first-order chi connectivity index (χ1) is 8.59. The summed E-state index contributed by atoms with van der Waals surface area (Å²) >= 11 is 0. The fourth-order valence-electron chi connectivity index (χ4n) is 2.32. The Hall–Kier alpha value is -0.900. The van der Waals surface area contributed by atoms with Crippen LogP contribution in [0, 0.1) is 6.92 Å². The quantitative estimate of drug-likeness (QED) is 0.806. The van der Waals surface area contributed by atoms with E-state index in [1.165, 1.54) is 11.1 Å². The lowest BCUT2D eigenvalue weighted by Crippen LogP contribution is -2.54. The summed E-state index contributed by atoms with van der Waals surface area (Å²) < 4.78 is 5.36. The second-order valence-electron chi connectivity index (χ2n) is 5.00. The average molecular weight is 250 g/mol. The number of likely N-dealkylation sites (N-methyl/N-ethyl adjacent to an activating group) is 1. The molecule has 102 valence electrons. The van der Waals surface area contributed by atoms with E-state index in [1.54, 1.807) is 7.11 Å². The molecule has 0 spiro atoms. The van der Waals surface area contributed by atoms with E-state index in [1.807, 2.05) is 0 Å². The van der Waals surface area contributed by atoms with Gasteiger partial charge in [-0.25, -0.2) is 0 Å². The van der Waals surface area contributed by atoms with Crippen LogP contribution in [0.25, 0.3) is 0 Å². The van der Waals surface area contributed by atoms with Gasteiger partial charge in [0, 0.05) is 20.2 Å². The van der Waals surface area contributed by atoms with Crippen molar-refractivity contribution >= 4 is 0 Å². The van der Waals surface area contributed by atoms with Gasteiger partial charge in [-0.05, 0) is 31.5 Å². The van der Waals surface area contributed by atoms with E-state index in [0.717, 1.165) is 13.0 Å². The molecule has 3 heteroatoms. The van der Waals surface area contributed by atoms with Crippen LogP contribution < -0.4 is 5.73 Å². The molecule has 0 bridgehead atoms. The van der Waals surface area contributed by atoms with Gasteiger partial charge in [0.1, 0.15) is 0 Å². The summed E-state index contributed by atoms with van der Waals surface area (Å²) in [6.45, 7) is 6.50. The van der Waals surface area contributed by atoms with Crippen molar-refractivity contribution in [1.82, 2.24) is 4.90 Å². The topological polar surface area (TPSA) is 38.5 Å². The minimum Gasteiger partial charge on any atom is -0.383 e. The van der Waals surface area contributed by atoms with Crippen LogP contribution in [-0.4, -0.2) is 37.7 Å². The molecule has 0 aliphatic carbocycles. The highest BCUT2D eigenvalue weighted by Crippen LogP contribution is 2.21. The zero-order chi connectivity index (χ0) is 13.6. The molecule has 0 saturated heterocycles. The van der Waals surface area contributed by atoms with Gasteiger partial charge in [-0.15, -0.1) is 0 Å². The number of methoxy groups -OCH3 is 1. The molecule has 2 N–H and O–H groups in total. The Labute approximate surface area is 111 Å². The van der Waals surface area contributed by atoms with Crippen molar-refractivity contribution in [1.29, 1.82) is 0 Å². The molecule has 0 radical (unpaired) electrons. The third-order valence-electron chi connectivity index (χ3n) is 3.93. The van der Waals surface area contributed by atoms with Crippen LogP contribution in [0.2, 0.25) is 0 Å². The van der Waals surface area contributed by atoms with E-state index >= 15 is 0 Å². The molecule has 0 aliphatic heterocycles. The first-order valence-electron chi connectivity index (χ1n) is 6.54. The molecule has 0 fully saturated rings. The van der Waals surface area contributed by atoms with Crippen LogP contribution in [0.15, 0.2) is 24.3 Å². The highest BCUT2D eigenvalue weighted by atomic mass is 16.5. The molecule has 1 aromatic rings. The van der Waals surface area contributed by atoms with E-state index in [2.05, 4.69) is 50.1 Å². The normalized spacial score (nSPS) is 14.8. The SMILES string of the molecule is CCC(CN)(COC)N(C)Cc1ccccc1C. The molecular formula is C15H26N2O. The number of benzene rings is 1. The van der Waals surface area contributed by atoms with Crippen molar-refractivity contribution in [3.63, 3.8) is 0 Å². The Bertz CT molecular complexity index is 361. The summed E-state index contributed by atoms with van der Waals surface area (Å²) in [5.41, 5.74) is 8.58. The molecule has 1 aromatic carbocycles. The molecule has 3 nitrogen and oxygen atoms in total. The Morgan fingerprint density at radius 1 is 1.33 bits per heavy atom. The van der Waals surface area contributed by atoms with Crippen LogP contribution >= 0.6 is 0 Å². The predicted octanol–water partition coefficient (Wildman–Crippen LogP) is 2.18. The monoisotopic (exact) mass is 250 g/mol. The van der Waals surface area contributed by atoms with Crippen molar-refractivity contribution in [2.75, 3.05) is 27.3 Å². The number of nitrogens with two attached hydrogens (primary N) is 1. The molecule has 0 amide bonds. The van der Waals surface area contributed by atoms with Gasteiger partial charge in [-0.3, -0.25) is 4.90 Å². The highest BCUT2D eigenvalue weighted by molar-refractivity contribution is 5.25. The van der Waals surface area contributed by atoms with Crippen LogP contribution in [-0.2, 0) is 11.3 Å². The van der Waals surface area contributed by atoms with Gasteiger partial charge in [-0.2, -0.15) is 0 Å². The maximum atomic E-state index is 5.98. The van der Waals surface area contributed by atoms with Crippen LogP contribution in [0.4, 0.5) is 0 Å². The van der Waals surface area contributed by atoms with E-state index in [0.29, 0.717) is 13.2 Å². The lowest BCUT2D eigenvalue weighted by molar-refractivity contribution is 0.0233. The number of ether oxygens (including phenoxy) is 1. The molecule has 0 aromatic heterocycles. The third-order valence-corrected chi connectivity index (χ3v) is 3.93. The fourth-order valence-corrected chi connectivity index (χ4v) is 2.32. The number of hydrogen-bond donors (Lipinski definition) is 1. The average Bonchev–Trinajstić information content (AvgIpc) is 2.38. The van der Waals surface area contributed by atoms with Gasteiger partial charge in [-0.1, -0.05) is 31.2 Å². The standard InChI is InChI=1S/C15H26N2O/c1-5-15(11-16,12-18-4)17(3)10-14-9-7-6-8-13(14)2/h6-9H,5,10-12,16H2,1-4H3. The number of rotatable bonds is 7. The second-order valence-corrected chi connectivity index (χ2v) is 5.00. The van der Waals surface area contributed by atoms with Crippen molar-refractivity contribution in [3.8, 4) is 0 Å². The summed E-state index contributed by atoms with van der Waals surface area (Å²) in [6, 6.07) is 8.48. The van der Waals surface area contributed by atoms with E-state index in [9.17, 15) is 0 Å². The summed E-state index contributed by atoms with van der Waals surface area (Å²) in [5, 5.41) is 0. The molecule has 1 unspecified atom stereocenters. The predicted molar refractivity (Wildman–Crippen MR) is 76.6 cm³/mol. The van der Waals surface area contributed by atoms with Crippen molar-refractivity contribution in [2.45, 2.75) is 32.4 Å². The maximum Gasteiger partial charge on any atom is 0.0658 e. The van der Waals surface area contributed by atoms with Gasteiger partial charge in [0.2, 0.25) is 0 Å². The smallest absolute Gasteiger partial charge is 0.0658 e. The Morgan fingerprint density at radius 3 is 2.50 bits per heavy atom. The third kappa shape index (κ3) is 3.31. The molecule has 1 atom stereocenters. The van der Waals surface area contributed by atoms with E-state index in [4.69, 9.17) is 10.5 Å². The minimum atomic E-state index is -0.0724. The molecule has 0 heterocycles. The lowest BCUT2D eigenvalue weighted by atomic mass is 9.94. The van der Waals surface area contributed by atoms with E-state index < -0.39 is 0 Å². The zero-order valence-electron chi connectivity index (χ0n) is 12.1. The van der Waals surface area contributed by atoms with Crippen LogP contribution in [0.5, 0.6) is 0 Å². The van der Waals surface area contributed by atoms with E-state index in [-0.39, 0.29) is 5.54 Å². The van der Waals surface area contributed by atoms with Crippen LogP contribution in [0.3, 0.4) is 0 Å². The second kappa shape index (κ2) is 6.88. The van der Waals surface area contributed by atoms with Crippen molar-refractivity contribution < 1.29 is 4.74 Å². The van der Waals surface area contributed by atoms with Gasteiger partial charge in [0.05, 0.1) is 12.1 Å². The summed E-state index contributed by atoms with van der Waals surface area (Å²) in [7, 11) is 3.86. The van der Waals surface area contributed by atoms with Gasteiger partial charge >= 0.3 is 0 Å². The van der Waals surface area contributed by atoms with Crippen molar-refractivity contribution in [2.24, 2.45) is 5.73 Å².